The van der Waals surface area contributed by atoms with Crippen LogP contribution in [0.15, 0.2) is 29.4 Å². The summed E-state index contributed by atoms with van der Waals surface area (Å²) in [6.07, 6.45) is 2.65. The second kappa shape index (κ2) is 21.3. The lowest BCUT2D eigenvalue weighted by Gasteiger charge is -2.14. The highest BCUT2D eigenvalue weighted by atomic mass is 16.6. The molecule has 0 spiro atoms. The zero-order valence-corrected chi connectivity index (χ0v) is 24.1. The zero-order valence-electron chi connectivity index (χ0n) is 24.1. The Labute approximate surface area is 237 Å². The van der Waals surface area contributed by atoms with Crippen LogP contribution in [0.2, 0.25) is 0 Å². The molecule has 11 heteroatoms. The molecule has 1 atom stereocenters. The molecular formula is C29H43N5O6. The minimum Gasteiger partial charge on any atom is -0.491 e. The molecule has 0 bridgehead atoms. The lowest BCUT2D eigenvalue weighted by atomic mass is 10.0. The highest BCUT2D eigenvalue weighted by Crippen LogP contribution is 2.14. The summed E-state index contributed by atoms with van der Waals surface area (Å²) in [5.74, 6) is 6.70. The summed E-state index contributed by atoms with van der Waals surface area (Å²) < 4.78 is 16.4. The number of rotatable bonds is 20. The fraction of sp³-hybridized carbons (Fsp3) is 0.621. The maximum Gasteiger partial charge on any atom is 0.251 e. The lowest BCUT2D eigenvalue weighted by Crippen LogP contribution is -2.29. The standard InChI is InChI=1S/C29H43N5O6/c1-22(2)9-5-12-25(35)13-8-16-32-29(37)24-11-6-14-26(19-24)40-21-28(33-34-30)39-18-17-38-20-27(36)31-15-7-10-23(3)4/h6,11,14,19,22-23,28H,5,8-9,12-13,15-18,20-21H2,1-4H3,(H,31,36)(H,32,37). The number of nitrogens with one attached hydrogen (secondary N) is 2. The van der Waals surface area contributed by atoms with E-state index in [1.54, 1.807) is 24.3 Å². The van der Waals surface area contributed by atoms with Gasteiger partial charge in [0.05, 0.1) is 19.8 Å². The Hall–Kier alpha value is -3.58. The number of ketones is 1. The maximum absolute atomic E-state index is 12.5. The summed E-state index contributed by atoms with van der Waals surface area (Å²) in [7, 11) is 0. The third kappa shape index (κ3) is 17.8. The van der Waals surface area contributed by atoms with Gasteiger partial charge in [-0.15, -0.1) is 0 Å². The van der Waals surface area contributed by atoms with Crippen LogP contribution in [0.3, 0.4) is 0 Å². The van der Waals surface area contributed by atoms with Crippen LogP contribution in [-0.2, 0) is 19.1 Å². The minimum absolute atomic E-state index is 0.0795. The molecule has 1 aromatic rings. The van der Waals surface area contributed by atoms with E-state index in [4.69, 9.17) is 19.7 Å². The molecule has 1 rings (SSSR count). The Morgan fingerprint density at radius 3 is 2.58 bits per heavy atom. The summed E-state index contributed by atoms with van der Waals surface area (Å²) in [5.41, 5.74) is 9.22. The van der Waals surface area contributed by atoms with Gasteiger partial charge in [-0.05, 0) is 42.5 Å². The fourth-order valence-electron chi connectivity index (χ4n) is 3.35. The fourth-order valence-corrected chi connectivity index (χ4v) is 3.35. The number of carbonyl (C=O) groups is 3. The van der Waals surface area contributed by atoms with Gasteiger partial charge < -0.3 is 24.8 Å². The molecule has 40 heavy (non-hydrogen) atoms. The summed E-state index contributed by atoms with van der Waals surface area (Å²) in [6.45, 7) is 8.85. The van der Waals surface area contributed by atoms with Gasteiger partial charge in [-0.1, -0.05) is 57.1 Å². The number of ether oxygens (including phenoxy) is 3. The second-order valence-electron chi connectivity index (χ2n) is 9.86. The first-order chi connectivity index (χ1) is 19.2. The van der Waals surface area contributed by atoms with E-state index in [1.807, 2.05) is 13.8 Å². The van der Waals surface area contributed by atoms with Gasteiger partial charge >= 0.3 is 0 Å². The van der Waals surface area contributed by atoms with Crippen molar-refractivity contribution in [3.05, 3.63) is 40.3 Å². The van der Waals surface area contributed by atoms with Crippen LogP contribution in [0.25, 0.3) is 10.4 Å². The number of azide groups is 1. The molecule has 0 aliphatic carbocycles. The van der Waals surface area contributed by atoms with Gasteiger partial charge in [0.15, 0.2) is 6.23 Å². The number of carbonyl (C=O) groups excluding carboxylic acids is 3. The largest absolute Gasteiger partial charge is 0.491 e. The highest BCUT2D eigenvalue weighted by Gasteiger charge is 2.11. The van der Waals surface area contributed by atoms with Crippen molar-refractivity contribution in [3.63, 3.8) is 0 Å². The molecule has 0 heterocycles. The van der Waals surface area contributed by atoms with Crippen molar-refractivity contribution in [2.24, 2.45) is 17.0 Å². The van der Waals surface area contributed by atoms with Crippen LogP contribution in [0.5, 0.6) is 5.75 Å². The van der Waals surface area contributed by atoms with E-state index in [1.165, 1.54) is 0 Å². The minimum atomic E-state index is -0.927. The molecule has 0 radical (unpaired) electrons. The molecule has 1 unspecified atom stereocenters. The van der Waals surface area contributed by atoms with Gasteiger partial charge in [-0.25, -0.2) is 0 Å². The highest BCUT2D eigenvalue weighted by molar-refractivity contribution is 5.94. The average Bonchev–Trinajstić information content (AvgIpc) is 2.91. The predicted molar refractivity (Wildman–Crippen MR) is 153 cm³/mol. The number of Topliss-reactive ketones (excluding diaryl/α,β-unsaturated/α-hetero) is 1. The normalized spacial score (nSPS) is 11.2. The van der Waals surface area contributed by atoms with E-state index < -0.39 is 6.23 Å². The van der Waals surface area contributed by atoms with E-state index in [0.717, 1.165) is 12.8 Å². The summed E-state index contributed by atoms with van der Waals surface area (Å²) in [6, 6.07) is 6.59. The van der Waals surface area contributed by atoms with Crippen molar-refractivity contribution < 1.29 is 28.6 Å². The first kappa shape index (κ1) is 34.4. The average molecular weight is 558 g/mol. The molecule has 220 valence electrons. The smallest absolute Gasteiger partial charge is 0.251 e. The molecule has 11 nitrogen and oxygen atoms in total. The maximum atomic E-state index is 12.5. The number of amides is 2. The van der Waals surface area contributed by atoms with E-state index >= 15 is 0 Å². The molecule has 2 N–H and O–H groups in total. The molecule has 0 fully saturated rings. The van der Waals surface area contributed by atoms with Gasteiger partial charge in [-0.3, -0.25) is 14.4 Å². The molecule has 0 aromatic heterocycles. The van der Waals surface area contributed by atoms with Crippen LogP contribution in [-0.4, -0.2) is 63.3 Å². The zero-order chi connectivity index (χ0) is 29.6. The quantitative estimate of drug-likeness (QED) is 0.0796. The number of hydrogen-bond acceptors (Lipinski definition) is 7. The van der Waals surface area contributed by atoms with E-state index in [9.17, 15) is 14.4 Å². The van der Waals surface area contributed by atoms with E-state index in [2.05, 4.69) is 46.3 Å². The van der Waals surface area contributed by atoms with Crippen molar-refractivity contribution in [1.82, 2.24) is 10.6 Å². The monoisotopic (exact) mass is 557 g/mol. The SMILES string of the molecule is CC(C)C#CCNC(=O)COCCOC(COc1cccc(C(=O)NCCCC(=O)CCCC(C)C)c1)N=[N+]=[N-]. The van der Waals surface area contributed by atoms with E-state index in [0.29, 0.717) is 43.0 Å². The Morgan fingerprint density at radius 2 is 1.85 bits per heavy atom. The Balaban J connectivity index is 2.34. The topological polar surface area (TPSA) is 152 Å². The molecule has 0 saturated carbocycles. The van der Waals surface area contributed by atoms with Crippen molar-refractivity contribution >= 4 is 17.6 Å². The van der Waals surface area contributed by atoms with Crippen molar-refractivity contribution in [2.75, 3.05) is 39.5 Å². The molecule has 0 aliphatic rings. The molecule has 0 aliphatic heterocycles. The first-order valence-corrected chi connectivity index (χ1v) is 13.7. The summed E-state index contributed by atoms with van der Waals surface area (Å²) in [4.78, 5) is 38.9. The molecule has 2 amide bonds. The van der Waals surface area contributed by atoms with Gasteiger partial charge in [0.1, 0.15) is 24.7 Å². The van der Waals surface area contributed by atoms with Crippen LogP contribution in [0.4, 0.5) is 0 Å². The van der Waals surface area contributed by atoms with Crippen molar-refractivity contribution in [2.45, 2.75) is 66.0 Å². The third-order valence-corrected chi connectivity index (χ3v) is 5.36. The second-order valence-corrected chi connectivity index (χ2v) is 9.86. The van der Waals surface area contributed by atoms with Gasteiger partial charge in [0.25, 0.3) is 5.91 Å². The molecule has 1 aromatic carbocycles. The van der Waals surface area contributed by atoms with Gasteiger partial charge in [0, 0.05) is 35.8 Å². The van der Waals surface area contributed by atoms with Gasteiger partial charge in [-0.2, -0.15) is 0 Å². The Bertz CT molecular complexity index is 1030. The van der Waals surface area contributed by atoms with E-state index in [-0.39, 0.29) is 56.5 Å². The first-order valence-electron chi connectivity index (χ1n) is 13.7. The van der Waals surface area contributed by atoms with Crippen LogP contribution in [0, 0.1) is 23.7 Å². The number of benzene rings is 1. The van der Waals surface area contributed by atoms with Crippen molar-refractivity contribution in [3.8, 4) is 17.6 Å². The third-order valence-electron chi connectivity index (χ3n) is 5.36. The summed E-state index contributed by atoms with van der Waals surface area (Å²) in [5, 5.41) is 9.01. The predicted octanol–water partition coefficient (Wildman–Crippen LogP) is 4.42. The summed E-state index contributed by atoms with van der Waals surface area (Å²) >= 11 is 0. The van der Waals surface area contributed by atoms with Crippen molar-refractivity contribution in [1.29, 1.82) is 0 Å². The molecule has 0 saturated heterocycles. The number of nitrogens with zero attached hydrogens (tertiary/aromatic N) is 3. The number of hydrogen-bond donors (Lipinski definition) is 2. The Morgan fingerprint density at radius 1 is 1.07 bits per heavy atom. The van der Waals surface area contributed by atoms with Crippen LogP contribution >= 0.6 is 0 Å². The lowest BCUT2D eigenvalue weighted by molar-refractivity contribution is -0.126. The van der Waals surface area contributed by atoms with Gasteiger partial charge in [0.2, 0.25) is 5.91 Å². The van der Waals surface area contributed by atoms with Crippen LogP contribution in [0.1, 0.15) is 70.2 Å². The Kier molecular flexibility index (Phi) is 18.3. The molecular weight excluding hydrogens is 514 g/mol. The van der Waals surface area contributed by atoms with Crippen LogP contribution < -0.4 is 15.4 Å².